The van der Waals surface area contributed by atoms with Crippen molar-refractivity contribution in [3.05, 3.63) is 29.8 Å². The van der Waals surface area contributed by atoms with Crippen LogP contribution < -0.4 is 10.1 Å². The second-order valence-corrected chi connectivity index (χ2v) is 4.85. The fraction of sp³-hybridized carbons (Fsp3) is 0.533. The van der Waals surface area contributed by atoms with Gasteiger partial charge in [-0.2, -0.15) is 0 Å². The van der Waals surface area contributed by atoms with Crippen molar-refractivity contribution in [2.24, 2.45) is 0 Å². The number of carbonyl (C=O) groups excluding carboxylic acids is 1. The summed E-state index contributed by atoms with van der Waals surface area (Å²) < 4.78 is 5.57. The zero-order valence-electron chi connectivity index (χ0n) is 11.7. The summed E-state index contributed by atoms with van der Waals surface area (Å²) in [6.45, 7) is 3.88. The highest BCUT2D eigenvalue weighted by Gasteiger charge is 2.15. The number of amides is 1. The van der Waals surface area contributed by atoms with Crippen LogP contribution in [0.5, 0.6) is 5.75 Å². The van der Waals surface area contributed by atoms with E-state index in [1.807, 2.05) is 29.2 Å². The third kappa shape index (κ3) is 4.51. The molecule has 1 aliphatic heterocycles. The summed E-state index contributed by atoms with van der Waals surface area (Å²) in [5, 5.41) is 12.1. The maximum Gasteiger partial charge on any atom is 0.226 e. The van der Waals surface area contributed by atoms with Crippen molar-refractivity contribution in [1.82, 2.24) is 10.2 Å². The van der Waals surface area contributed by atoms with Crippen molar-refractivity contribution in [1.29, 1.82) is 0 Å². The smallest absolute Gasteiger partial charge is 0.226 e. The van der Waals surface area contributed by atoms with Crippen LogP contribution in [0.25, 0.3) is 0 Å². The highest BCUT2D eigenvalue weighted by Crippen LogP contribution is 2.13. The number of aliphatic hydroxyl groups is 1. The van der Waals surface area contributed by atoms with Gasteiger partial charge >= 0.3 is 0 Å². The van der Waals surface area contributed by atoms with Crippen LogP contribution in [-0.4, -0.2) is 55.3 Å². The number of hydrogen-bond donors (Lipinski definition) is 2. The number of piperazine rings is 1. The monoisotopic (exact) mass is 278 g/mol. The average Bonchev–Trinajstić information content (AvgIpc) is 2.50. The number of rotatable bonds is 6. The van der Waals surface area contributed by atoms with Crippen molar-refractivity contribution < 1.29 is 14.6 Å². The molecule has 2 N–H and O–H groups in total. The normalized spacial score (nSPS) is 15.2. The number of aliphatic hydroxyl groups excluding tert-OH is 1. The lowest BCUT2D eigenvalue weighted by atomic mass is 10.1. The van der Waals surface area contributed by atoms with Crippen LogP contribution in [0.15, 0.2) is 24.3 Å². The summed E-state index contributed by atoms with van der Waals surface area (Å²) in [4.78, 5) is 13.8. The summed E-state index contributed by atoms with van der Waals surface area (Å²) in [5.74, 6) is 0.920. The van der Waals surface area contributed by atoms with Gasteiger partial charge in [0.25, 0.3) is 0 Å². The molecule has 2 rings (SSSR count). The molecule has 0 bridgehead atoms. The Morgan fingerprint density at radius 3 is 2.60 bits per heavy atom. The third-order valence-corrected chi connectivity index (χ3v) is 3.38. The van der Waals surface area contributed by atoms with E-state index in [2.05, 4.69) is 5.32 Å². The highest BCUT2D eigenvalue weighted by molar-refractivity contribution is 5.76. The number of nitrogens with zero attached hydrogens (tertiary/aromatic N) is 1. The molecular weight excluding hydrogens is 256 g/mol. The topological polar surface area (TPSA) is 61.8 Å². The van der Waals surface area contributed by atoms with Gasteiger partial charge in [0.1, 0.15) is 5.75 Å². The van der Waals surface area contributed by atoms with Gasteiger partial charge in [-0.25, -0.2) is 0 Å². The second kappa shape index (κ2) is 7.87. The number of nitrogens with one attached hydrogen (secondary N) is 1. The predicted molar refractivity (Wildman–Crippen MR) is 76.8 cm³/mol. The minimum atomic E-state index is 0.152. The van der Waals surface area contributed by atoms with E-state index in [0.29, 0.717) is 19.4 Å². The molecule has 0 aliphatic carbocycles. The summed E-state index contributed by atoms with van der Waals surface area (Å²) in [7, 11) is 0. The molecule has 0 unspecified atom stereocenters. The molecule has 1 fully saturated rings. The molecule has 1 aromatic carbocycles. The minimum Gasteiger partial charge on any atom is -0.493 e. The van der Waals surface area contributed by atoms with Crippen LogP contribution >= 0.6 is 0 Å². The van der Waals surface area contributed by atoms with Crippen LogP contribution in [0, 0.1) is 0 Å². The predicted octanol–water partition coefficient (Wildman–Crippen LogP) is 0.422. The van der Waals surface area contributed by atoms with Crippen LogP contribution in [0.1, 0.15) is 12.0 Å². The fourth-order valence-corrected chi connectivity index (χ4v) is 2.21. The molecule has 0 atom stereocenters. The molecule has 1 amide bonds. The Morgan fingerprint density at radius 2 is 1.95 bits per heavy atom. The number of hydrogen-bond acceptors (Lipinski definition) is 4. The molecule has 0 aromatic heterocycles. The summed E-state index contributed by atoms with van der Waals surface area (Å²) in [6, 6.07) is 7.62. The lowest BCUT2D eigenvalue weighted by Crippen LogP contribution is -2.46. The largest absolute Gasteiger partial charge is 0.493 e. The van der Waals surface area contributed by atoms with Crippen molar-refractivity contribution >= 4 is 5.91 Å². The van der Waals surface area contributed by atoms with Gasteiger partial charge in [0.2, 0.25) is 5.91 Å². The highest BCUT2D eigenvalue weighted by atomic mass is 16.5. The molecule has 0 radical (unpaired) electrons. The van der Waals surface area contributed by atoms with E-state index in [4.69, 9.17) is 9.84 Å². The van der Waals surface area contributed by atoms with E-state index >= 15 is 0 Å². The zero-order chi connectivity index (χ0) is 14.2. The summed E-state index contributed by atoms with van der Waals surface area (Å²) >= 11 is 0. The second-order valence-electron chi connectivity index (χ2n) is 4.85. The van der Waals surface area contributed by atoms with Gasteiger partial charge in [-0.1, -0.05) is 12.1 Å². The molecule has 1 saturated heterocycles. The Bertz CT molecular complexity index is 414. The van der Waals surface area contributed by atoms with E-state index in [9.17, 15) is 4.79 Å². The molecule has 5 nitrogen and oxygen atoms in total. The van der Waals surface area contributed by atoms with Gasteiger partial charge in [-0.3, -0.25) is 4.79 Å². The Hall–Kier alpha value is -1.59. The maximum absolute atomic E-state index is 11.9. The summed E-state index contributed by atoms with van der Waals surface area (Å²) in [5.41, 5.74) is 1.08. The number of carbonyl (C=O) groups is 1. The van der Waals surface area contributed by atoms with Crippen molar-refractivity contribution in [3.63, 3.8) is 0 Å². The van der Waals surface area contributed by atoms with Crippen LogP contribution in [-0.2, 0) is 11.2 Å². The van der Waals surface area contributed by atoms with Gasteiger partial charge in [0.05, 0.1) is 13.0 Å². The Balaban J connectivity index is 1.70. The van der Waals surface area contributed by atoms with Crippen molar-refractivity contribution in [2.45, 2.75) is 12.8 Å². The number of benzene rings is 1. The molecule has 0 saturated carbocycles. The first-order chi connectivity index (χ1) is 9.79. The molecule has 1 aromatic rings. The molecule has 1 aliphatic rings. The molecule has 20 heavy (non-hydrogen) atoms. The SMILES string of the molecule is O=C(CCOc1ccc(CCO)cc1)N1CCNCC1. The Labute approximate surface area is 119 Å². The van der Waals surface area contributed by atoms with E-state index in [1.165, 1.54) is 0 Å². The minimum absolute atomic E-state index is 0.152. The molecule has 110 valence electrons. The van der Waals surface area contributed by atoms with Crippen LogP contribution in [0.3, 0.4) is 0 Å². The van der Waals surface area contributed by atoms with Gasteiger partial charge < -0.3 is 20.1 Å². The first kappa shape index (κ1) is 14.8. The van der Waals surface area contributed by atoms with Crippen LogP contribution in [0.4, 0.5) is 0 Å². The van der Waals surface area contributed by atoms with E-state index in [-0.39, 0.29) is 12.5 Å². The van der Waals surface area contributed by atoms with E-state index in [0.717, 1.165) is 37.5 Å². The van der Waals surface area contributed by atoms with Crippen LogP contribution in [0.2, 0.25) is 0 Å². The lowest BCUT2D eigenvalue weighted by Gasteiger charge is -2.27. The summed E-state index contributed by atoms with van der Waals surface area (Å²) in [6.07, 6.45) is 1.07. The quantitative estimate of drug-likeness (QED) is 0.792. The number of ether oxygens (including phenoxy) is 1. The first-order valence-corrected chi connectivity index (χ1v) is 7.10. The van der Waals surface area contributed by atoms with Gasteiger partial charge in [0.15, 0.2) is 0 Å². The Morgan fingerprint density at radius 1 is 1.25 bits per heavy atom. The maximum atomic E-state index is 11.9. The standard InChI is InChI=1S/C15H22N2O3/c18-11-5-13-1-3-14(4-2-13)20-12-6-15(19)17-9-7-16-8-10-17/h1-4,16,18H,5-12H2. The Kier molecular flexibility index (Phi) is 5.83. The first-order valence-electron chi connectivity index (χ1n) is 7.10. The zero-order valence-corrected chi connectivity index (χ0v) is 11.7. The molecular formula is C15H22N2O3. The van der Waals surface area contributed by atoms with Crippen molar-refractivity contribution in [2.75, 3.05) is 39.4 Å². The van der Waals surface area contributed by atoms with Gasteiger partial charge in [-0.05, 0) is 24.1 Å². The molecule has 1 heterocycles. The molecule has 5 heteroatoms. The van der Waals surface area contributed by atoms with Crippen molar-refractivity contribution in [3.8, 4) is 5.75 Å². The third-order valence-electron chi connectivity index (χ3n) is 3.38. The van der Waals surface area contributed by atoms with E-state index < -0.39 is 0 Å². The fourth-order valence-electron chi connectivity index (χ4n) is 2.21. The van der Waals surface area contributed by atoms with E-state index in [1.54, 1.807) is 0 Å². The lowest BCUT2D eigenvalue weighted by molar-refractivity contribution is -0.132. The van der Waals surface area contributed by atoms with Gasteiger partial charge in [-0.15, -0.1) is 0 Å². The molecule has 0 spiro atoms. The van der Waals surface area contributed by atoms with Gasteiger partial charge in [0, 0.05) is 32.8 Å². The average molecular weight is 278 g/mol.